The molecule has 1 N–H and O–H groups in total. The zero-order chi connectivity index (χ0) is 14.0. The van der Waals surface area contributed by atoms with Crippen molar-refractivity contribution in [2.24, 2.45) is 5.92 Å². The lowest BCUT2D eigenvalue weighted by Crippen LogP contribution is -2.37. The second-order valence-corrected chi connectivity index (χ2v) is 8.44. The minimum absolute atomic E-state index is 0.0768. The molecule has 0 spiro atoms. The molecule has 1 fully saturated rings. The Morgan fingerprint density at radius 3 is 2.50 bits per heavy atom. The van der Waals surface area contributed by atoms with E-state index in [-0.39, 0.29) is 16.8 Å². The van der Waals surface area contributed by atoms with Gasteiger partial charge < -0.3 is 9.84 Å². The Morgan fingerprint density at radius 1 is 1.39 bits per heavy atom. The maximum atomic E-state index is 11.6. The van der Waals surface area contributed by atoms with Gasteiger partial charge in [0.15, 0.2) is 0 Å². The molecular formula is C13H26O4S. The molecule has 18 heavy (non-hydrogen) atoms. The van der Waals surface area contributed by atoms with E-state index < -0.39 is 15.9 Å². The summed E-state index contributed by atoms with van der Waals surface area (Å²) >= 11 is 0. The molecule has 3 unspecified atom stereocenters. The van der Waals surface area contributed by atoms with Gasteiger partial charge in [-0.1, -0.05) is 6.42 Å². The molecule has 1 rings (SSSR count). The smallest absolute Gasteiger partial charge is 0.150 e. The highest BCUT2D eigenvalue weighted by molar-refractivity contribution is 7.91. The van der Waals surface area contributed by atoms with E-state index in [4.69, 9.17) is 4.74 Å². The van der Waals surface area contributed by atoms with Crippen LogP contribution in [0.3, 0.4) is 0 Å². The van der Waals surface area contributed by atoms with Gasteiger partial charge in [-0.2, -0.15) is 0 Å². The van der Waals surface area contributed by atoms with Crippen LogP contribution >= 0.6 is 0 Å². The number of hydrogen-bond donors (Lipinski definition) is 1. The van der Waals surface area contributed by atoms with Gasteiger partial charge in [0.2, 0.25) is 0 Å². The third kappa shape index (κ3) is 4.52. The topological polar surface area (TPSA) is 63.6 Å². The van der Waals surface area contributed by atoms with Crippen LogP contribution in [-0.4, -0.2) is 43.8 Å². The van der Waals surface area contributed by atoms with Gasteiger partial charge in [0.05, 0.1) is 17.0 Å². The van der Waals surface area contributed by atoms with Gasteiger partial charge in [0, 0.05) is 19.8 Å². The third-order valence-electron chi connectivity index (χ3n) is 4.07. The van der Waals surface area contributed by atoms with Crippen LogP contribution in [0.25, 0.3) is 0 Å². The Bertz CT molecular complexity index is 361. The molecule has 4 nitrogen and oxygen atoms in total. The Labute approximate surface area is 111 Å². The van der Waals surface area contributed by atoms with Crippen LogP contribution in [-0.2, 0) is 14.6 Å². The summed E-state index contributed by atoms with van der Waals surface area (Å²) in [6, 6.07) is 0. The number of rotatable bonds is 5. The predicted octanol–water partition coefficient (Wildman–Crippen LogP) is 1.77. The minimum Gasteiger partial charge on any atom is -0.393 e. The van der Waals surface area contributed by atoms with Gasteiger partial charge in [-0.3, -0.25) is 0 Å². The molecule has 108 valence electrons. The molecule has 0 aromatic carbocycles. The Morgan fingerprint density at radius 2 is 2.00 bits per heavy atom. The van der Waals surface area contributed by atoms with Crippen LogP contribution in [0, 0.1) is 5.92 Å². The van der Waals surface area contributed by atoms with Gasteiger partial charge in [0.1, 0.15) is 9.84 Å². The first-order valence-electron chi connectivity index (χ1n) is 6.58. The van der Waals surface area contributed by atoms with E-state index in [1.54, 1.807) is 7.11 Å². The van der Waals surface area contributed by atoms with Crippen molar-refractivity contribution >= 4 is 9.84 Å². The molecule has 0 amide bonds. The minimum atomic E-state index is -2.98. The highest BCUT2D eigenvalue weighted by atomic mass is 32.2. The van der Waals surface area contributed by atoms with Crippen molar-refractivity contribution in [2.75, 3.05) is 13.4 Å². The number of methoxy groups -OCH3 is 1. The third-order valence-corrected chi connectivity index (χ3v) is 5.71. The number of hydrogen-bond acceptors (Lipinski definition) is 4. The molecule has 1 aliphatic rings. The summed E-state index contributed by atoms with van der Waals surface area (Å²) in [7, 11) is -1.35. The number of aliphatic hydroxyl groups excluding tert-OH is 1. The molecular weight excluding hydrogens is 252 g/mol. The van der Waals surface area contributed by atoms with Gasteiger partial charge in [-0.15, -0.1) is 0 Å². The molecule has 5 heteroatoms. The van der Waals surface area contributed by atoms with Crippen molar-refractivity contribution in [1.29, 1.82) is 0 Å². The van der Waals surface area contributed by atoms with Crippen molar-refractivity contribution < 1.29 is 18.3 Å². The fourth-order valence-corrected chi connectivity index (χ4v) is 3.86. The van der Waals surface area contributed by atoms with E-state index in [9.17, 15) is 13.5 Å². The fraction of sp³-hybridized carbons (Fsp3) is 1.00. The first kappa shape index (κ1) is 15.9. The van der Waals surface area contributed by atoms with E-state index in [0.29, 0.717) is 12.8 Å². The summed E-state index contributed by atoms with van der Waals surface area (Å²) in [6.07, 6.45) is 4.47. The van der Waals surface area contributed by atoms with Crippen LogP contribution in [0.4, 0.5) is 0 Å². The summed E-state index contributed by atoms with van der Waals surface area (Å²) in [4.78, 5) is 0. The molecule has 1 saturated carbocycles. The lowest BCUT2D eigenvalue weighted by molar-refractivity contribution is -0.0387. The SMILES string of the molecule is COC(C)(C)CC(O)C1CCCC(S(C)(=O)=O)C1. The number of ether oxygens (including phenoxy) is 1. The summed E-state index contributed by atoms with van der Waals surface area (Å²) < 4.78 is 28.5. The normalized spacial score (nSPS) is 28.1. The van der Waals surface area contributed by atoms with Gasteiger partial charge >= 0.3 is 0 Å². The maximum absolute atomic E-state index is 11.6. The van der Waals surface area contributed by atoms with E-state index in [2.05, 4.69) is 0 Å². The molecule has 0 aromatic heterocycles. The molecule has 0 bridgehead atoms. The van der Waals surface area contributed by atoms with Crippen LogP contribution in [0.15, 0.2) is 0 Å². The summed E-state index contributed by atoms with van der Waals surface area (Å²) in [6.45, 7) is 3.88. The fourth-order valence-electron chi connectivity index (χ4n) is 2.67. The lowest BCUT2D eigenvalue weighted by Gasteiger charge is -2.34. The van der Waals surface area contributed by atoms with Gasteiger partial charge in [-0.05, 0) is 39.0 Å². The summed E-state index contributed by atoms with van der Waals surface area (Å²) in [5.74, 6) is 0.0768. The van der Waals surface area contributed by atoms with E-state index in [1.165, 1.54) is 6.26 Å². The molecule has 0 aliphatic heterocycles. The molecule has 0 radical (unpaired) electrons. The quantitative estimate of drug-likeness (QED) is 0.832. The maximum Gasteiger partial charge on any atom is 0.150 e. The highest BCUT2D eigenvalue weighted by Crippen LogP contribution is 2.33. The number of sulfone groups is 1. The second kappa shape index (κ2) is 5.88. The molecule has 0 aromatic rings. The molecule has 1 aliphatic carbocycles. The largest absolute Gasteiger partial charge is 0.393 e. The van der Waals surface area contributed by atoms with Crippen LogP contribution in [0.5, 0.6) is 0 Å². The number of aliphatic hydroxyl groups is 1. The summed E-state index contributed by atoms with van der Waals surface area (Å²) in [5, 5.41) is 9.97. The zero-order valence-corrected chi connectivity index (χ0v) is 12.7. The zero-order valence-electron chi connectivity index (χ0n) is 11.8. The first-order valence-corrected chi connectivity index (χ1v) is 8.53. The molecule has 3 atom stereocenters. The average molecular weight is 278 g/mol. The Hall–Kier alpha value is -0.130. The monoisotopic (exact) mass is 278 g/mol. The van der Waals surface area contributed by atoms with Crippen LogP contribution in [0.2, 0.25) is 0 Å². The lowest BCUT2D eigenvalue weighted by atomic mass is 9.81. The summed E-state index contributed by atoms with van der Waals surface area (Å²) in [5.41, 5.74) is -0.364. The van der Waals surface area contributed by atoms with E-state index >= 15 is 0 Å². The second-order valence-electron chi connectivity index (χ2n) is 6.11. The van der Waals surface area contributed by atoms with Crippen LogP contribution < -0.4 is 0 Å². The van der Waals surface area contributed by atoms with Crippen molar-refractivity contribution in [2.45, 2.75) is 62.9 Å². The van der Waals surface area contributed by atoms with Crippen LogP contribution in [0.1, 0.15) is 46.0 Å². The van der Waals surface area contributed by atoms with E-state index in [1.807, 2.05) is 13.8 Å². The van der Waals surface area contributed by atoms with Gasteiger partial charge in [0.25, 0.3) is 0 Å². The van der Waals surface area contributed by atoms with Crippen molar-refractivity contribution in [3.05, 3.63) is 0 Å². The van der Waals surface area contributed by atoms with Gasteiger partial charge in [-0.25, -0.2) is 8.42 Å². The van der Waals surface area contributed by atoms with E-state index in [0.717, 1.165) is 19.3 Å². The standard InChI is InChI=1S/C13H26O4S/c1-13(2,17-3)9-12(14)10-6-5-7-11(8-10)18(4,15)16/h10-12,14H,5-9H2,1-4H3. The highest BCUT2D eigenvalue weighted by Gasteiger charge is 2.34. The molecule has 0 heterocycles. The van der Waals surface area contributed by atoms with Crippen molar-refractivity contribution in [1.82, 2.24) is 0 Å². The van der Waals surface area contributed by atoms with Crippen molar-refractivity contribution in [3.8, 4) is 0 Å². The Kier molecular flexibility index (Phi) is 5.21. The Balaban J connectivity index is 2.61. The molecule has 0 saturated heterocycles. The predicted molar refractivity (Wildman–Crippen MR) is 72.3 cm³/mol. The first-order chi connectivity index (χ1) is 8.15. The van der Waals surface area contributed by atoms with Crippen molar-refractivity contribution in [3.63, 3.8) is 0 Å². The average Bonchev–Trinajstić information content (AvgIpc) is 2.27.